The first-order valence-electron chi connectivity index (χ1n) is 9.72. The van der Waals surface area contributed by atoms with Gasteiger partial charge in [0.05, 0.1) is 18.6 Å². The Morgan fingerprint density at radius 2 is 1.93 bits per heavy atom. The molecule has 0 unspecified atom stereocenters. The minimum atomic E-state index is -0.172. The smallest absolute Gasteiger partial charge is 0.234 e. The molecule has 0 saturated heterocycles. The van der Waals surface area contributed by atoms with E-state index in [0.717, 1.165) is 11.4 Å². The molecule has 0 aliphatic rings. The number of carbonyl (C=O) groups excluding carboxylic acids is 1. The van der Waals surface area contributed by atoms with Gasteiger partial charge in [0, 0.05) is 17.1 Å². The molecule has 1 heterocycles. The number of methoxy groups -OCH3 is 1. The highest BCUT2D eigenvalue weighted by Crippen LogP contribution is 2.29. The van der Waals surface area contributed by atoms with E-state index < -0.39 is 0 Å². The molecule has 30 heavy (non-hydrogen) atoms. The number of nitrogens with zero attached hydrogens (tertiary/aromatic N) is 3. The predicted molar refractivity (Wildman–Crippen MR) is 123 cm³/mol. The number of thioether (sulfide) groups is 1. The van der Waals surface area contributed by atoms with Gasteiger partial charge in [0.15, 0.2) is 11.0 Å². The van der Waals surface area contributed by atoms with Gasteiger partial charge in [-0.2, -0.15) is 0 Å². The number of rotatable bonds is 8. The summed E-state index contributed by atoms with van der Waals surface area (Å²) in [4.78, 5) is 12.5. The molecule has 1 N–H and O–H groups in total. The maximum Gasteiger partial charge on any atom is 0.234 e. The third-order valence-electron chi connectivity index (χ3n) is 4.64. The van der Waals surface area contributed by atoms with Crippen molar-refractivity contribution in [2.24, 2.45) is 0 Å². The molecule has 0 saturated carbocycles. The second-order valence-electron chi connectivity index (χ2n) is 7.01. The van der Waals surface area contributed by atoms with Crippen molar-refractivity contribution >= 4 is 35.0 Å². The number of nitrogens with one attached hydrogen (secondary N) is 1. The van der Waals surface area contributed by atoms with E-state index in [2.05, 4.69) is 53.6 Å². The number of hydrogen-bond acceptors (Lipinski definition) is 5. The van der Waals surface area contributed by atoms with Gasteiger partial charge in [-0.3, -0.25) is 4.79 Å². The van der Waals surface area contributed by atoms with Crippen LogP contribution in [0, 0.1) is 0 Å². The van der Waals surface area contributed by atoms with Gasteiger partial charge in [-0.25, -0.2) is 0 Å². The van der Waals surface area contributed by atoms with Crippen LogP contribution in [0.25, 0.3) is 11.4 Å². The normalized spacial score (nSPS) is 11.0. The van der Waals surface area contributed by atoms with E-state index in [9.17, 15) is 4.79 Å². The van der Waals surface area contributed by atoms with Gasteiger partial charge in [-0.05, 0) is 36.6 Å². The second-order valence-corrected chi connectivity index (χ2v) is 8.39. The van der Waals surface area contributed by atoms with Crippen molar-refractivity contribution in [1.82, 2.24) is 14.8 Å². The molecule has 0 atom stereocenters. The number of hydrogen-bond donors (Lipinski definition) is 1. The van der Waals surface area contributed by atoms with Gasteiger partial charge in [-0.1, -0.05) is 61.5 Å². The zero-order valence-corrected chi connectivity index (χ0v) is 19.0. The Kier molecular flexibility index (Phi) is 7.39. The van der Waals surface area contributed by atoms with E-state index in [1.807, 2.05) is 11.5 Å². The fourth-order valence-corrected chi connectivity index (χ4v) is 3.98. The Bertz CT molecular complexity index is 1020. The molecule has 1 amide bonds. The molecule has 0 spiro atoms. The Labute approximate surface area is 186 Å². The number of halogens is 1. The van der Waals surface area contributed by atoms with Crippen LogP contribution in [0.5, 0.6) is 5.75 Å². The number of amides is 1. The second kappa shape index (κ2) is 10.00. The summed E-state index contributed by atoms with van der Waals surface area (Å²) in [5.74, 6) is 1.86. The lowest BCUT2D eigenvalue weighted by Crippen LogP contribution is -2.15. The lowest BCUT2D eigenvalue weighted by Gasteiger charge is -2.11. The Morgan fingerprint density at radius 1 is 1.20 bits per heavy atom. The number of ether oxygens (including phenoxy) is 1. The van der Waals surface area contributed by atoms with Crippen molar-refractivity contribution in [3.63, 3.8) is 0 Å². The van der Waals surface area contributed by atoms with Gasteiger partial charge in [0.1, 0.15) is 5.75 Å². The molecule has 1 aromatic heterocycles. The molecule has 0 aliphatic heterocycles. The molecular weight excluding hydrogens is 420 g/mol. The largest absolute Gasteiger partial charge is 0.495 e. The first-order valence-corrected chi connectivity index (χ1v) is 11.1. The number of carbonyl (C=O) groups is 1. The van der Waals surface area contributed by atoms with Gasteiger partial charge >= 0.3 is 0 Å². The lowest BCUT2D eigenvalue weighted by molar-refractivity contribution is -0.113. The zero-order chi connectivity index (χ0) is 21.7. The number of anilines is 1. The van der Waals surface area contributed by atoms with Crippen LogP contribution in [0.3, 0.4) is 0 Å². The topological polar surface area (TPSA) is 69.0 Å². The summed E-state index contributed by atoms with van der Waals surface area (Å²) in [6.45, 7) is 7.08. The first-order chi connectivity index (χ1) is 14.4. The highest BCUT2D eigenvalue weighted by molar-refractivity contribution is 7.99. The summed E-state index contributed by atoms with van der Waals surface area (Å²) in [5, 5.41) is 12.7. The van der Waals surface area contributed by atoms with E-state index >= 15 is 0 Å². The monoisotopic (exact) mass is 444 g/mol. The quantitative estimate of drug-likeness (QED) is 0.466. The van der Waals surface area contributed by atoms with E-state index in [1.165, 1.54) is 17.3 Å². The molecule has 8 heteroatoms. The van der Waals surface area contributed by atoms with Crippen LogP contribution in [-0.4, -0.2) is 33.5 Å². The maximum atomic E-state index is 12.5. The van der Waals surface area contributed by atoms with Crippen LogP contribution in [0.2, 0.25) is 5.02 Å². The van der Waals surface area contributed by atoms with E-state index in [1.54, 1.807) is 25.3 Å². The lowest BCUT2D eigenvalue weighted by atomic mass is 10.0. The van der Waals surface area contributed by atoms with Crippen LogP contribution in [0.1, 0.15) is 32.3 Å². The SMILES string of the molecule is CCn1c(SCC(=O)Nc2cc(Cl)ccc2OC)nnc1-c1ccc(C(C)C)cc1. The van der Waals surface area contributed by atoms with Crippen molar-refractivity contribution in [2.75, 3.05) is 18.2 Å². The third-order valence-corrected chi connectivity index (χ3v) is 5.84. The highest BCUT2D eigenvalue weighted by Gasteiger charge is 2.16. The van der Waals surface area contributed by atoms with Crippen molar-refractivity contribution in [2.45, 2.75) is 38.4 Å². The maximum absolute atomic E-state index is 12.5. The fraction of sp³-hybridized carbons (Fsp3) is 0.318. The van der Waals surface area contributed by atoms with Crippen molar-refractivity contribution < 1.29 is 9.53 Å². The molecule has 6 nitrogen and oxygen atoms in total. The molecular formula is C22H25ClN4O2S. The highest BCUT2D eigenvalue weighted by atomic mass is 35.5. The summed E-state index contributed by atoms with van der Waals surface area (Å²) >= 11 is 7.37. The van der Waals surface area contributed by atoms with Crippen LogP contribution in [-0.2, 0) is 11.3 Å². The summed E-state index contributed by atoms with van der Waals surface area (Å²) in [7, 11) is 1.55. The summed E-state index contributed by atoms with van der Waals surface area (Å²) < 4.78 is 7.29. The third kappa shape index (κ3) is 5.15. The first kappa shape index (κ1) is 22.2. The zero-order valence-electron chi connectivity index (χ0n) is 17.5. The summed E-state index contributed by atoms with van der Waals surface area (Å²) in [6.07, 6.45) is 0. The van der Waals surface area contributed by atoms with Crippen molar-refractivity contribution in [1.29, 1.82) is 0 Å². The summed E-state index contributed by atoms with van der Waals surface area (Å²) in [6, 6.07) is 13.5. The Morgan fingerprint density at radius 3 is 2.57 bits per heavy atom. The van der Waals surface area contributed by atoms with Crippen LogP contribution >= 0.6 is 23.4 Å². The van der Waals surface area contributed by atoms with Gasteiger partial charge in [-0.15, -0.1) is 10.2 Å². The van der Waals surface area contributed by atoms with Gasteiger partial charge in [0.25, 0.3) is 0 Å². The molecule has 3 rings (SSSR count). The molecule has 3 aromatic rings. The van der Waals surface area contributed by atoms with E-state index in [0.29, 0.717) is 34.1 Å². The Balaban J connectivity index is 1.70. The fourth-order valence-electron chi connectivity index (χ4n) is 3.01. The molecule has 2 aromatic carbocycles. The van der Waals surface area contributed by atoms with Gasteiger partial charge < -0.3 is 14.6 Å². The van der Waals surface area contributed by atoms with E-state index in [4.69, 9.17) is 16.3 Å². The molecule has 0 fully saturated rings. The minimum absolute atomic E-state index is 0.172. The number of aromatic nitrogens is 3. The van der Waals surface area contributed by atoms with Crippen LogP contribution in [0.15, 0.2) is 47.6 Å². The summed E-state index contributed by atoms with van der Waals surface area (Å²) in [5.41, 5.74) is 2.83. The average Bonchev–Trinajstić information content (AvgIpc) is 3.15. The predicted octanol–water partition coefficient (Wildman–Crippen LogP) is 5.48. The van der Waals surface area contributed by atoms with Crippen LogP contribution in [0.4, 0.5) is 5.69 Å². The molecule has 0 bridgehead atoms. The molecule has 0 radical (unpaired) electrons. The standard InChI is InChI=1S/C22H25ClN4O2S/c1-5-27-21(16-8-6-15(7-9-16)14(2)3)25-26-22(27)30-13-20(28)24-18-12-17(23)10-11-19(18)29-4/h6-12,14H,5,13H2,1-4H3,(H,24,28). The van der Waals surface area contributed by atoms with E-state index in [-0.39, 0.29) is 11.7 Å². The van der Waals surface area contributed by atoms with Crippen LogP contribution < -0.4 is 10.1 Å². The average molecular weight is 445 g/mol. The Hall–Kier alpha value is -2.51. The molecule has 0 aliphatic carbocycles. The number of benzene rings is 2. The molecule has 158 valence electrons. The van der Waals surface area contributed by atoms with Gasteiger partial charge in [0.2, 0.25) is 5.91 Å². The van der Waals surface area contributed by atoms with Crippen molar-refractivity contribution in [3.8, 4) is 17.1 Å². The van der Waals surface area contributed by atoms with Crippen molar-refractivity contribution in [3.05, 3.63) is 53.1 Å². The minimum Gasteiger partial charge on any atom is -0.495 e.